The van der Waals surface area contributed by atoms with E-state index >= 15 is 0 Å². The van der Waals surface area contributed by atoms with Crippen LogP contribution in [0.2, 0.25) is 0 Å². The third-order valence-electron chi connectivity index (χ3n) is 2.12. The zero-order valence-electron chi connectivity index (χ0n) is 8.90. The van der Waals surface area contributed by atoms with Crippen LogP contribution < -0.4 is 0 Å². The van der Waals surface area contributed by atoms with E-state index in [-0.39, 0.29) is 0 Å². The summed E-state index contributed by atoms with van der Waals surface area (Å²) in [5.41, 5.74) is 2.12. The van der Waals surface area contributed by atoms with Gasteiger partial charge in [-0.3, -0.25) is 4.58 Å². The Morgan fingerprint density at radius 3 is 2.40 bits per heavy atom. The number of thioether (sulfide) groups is 1. The van der Waals surface area contributed by atoms with Crippen molar-refractivity contribution in [2.24, 2.45) is 4.99 Å². The van der Waals surface area contributed by atoms with E-state index in [2.05, 4.69) is 23.7 Å². The topological polar surface area (TPSA) is 15.4 Å². The molecular weight excluding hydrogens is 204 g/mol. The van der Waals surface area contributed by atoms with Crippen LogP contribution in [-0.2, 0) is 0 Å². The number of allylic oxidation sites excluding steroid dienone is 1. The highest BCUT2D eigenvalue weighted by atomic mass is 32.2. The van der Waals surface area contributed by atoms with Gasteiger partial charge in [-0.25, -0.2) is 0 Å². The van der Waals surface area contributed by atoms with Crippen LogP contribution in [0, 0.1) is 0 Å². The maximum absolute atomic E-state index is 4.56. The minimum Gasteiger partial charge on any atom is -0.258 e. The zero-order chi connectivity index (χ0) is 10.8. The van der Waals surface area contributed by atoms with Crippen molar-refractivity contribution in [3.63, 3.8) is 0 Å². The highest BCUT2D eigenvalue weighted by molar-refractivity contribution is 8.18. The Bertz CT molecular complexity index is 454. The van der Waals surface area contributed by atoms with Crippen LogP contribution in [0.25, 0.3) is 0 Å². The molecule has 0 saturated heterocycles. The summed E-state index contributed by atoms with van der Waals surface area (Å²) in [4.78, 5) is 5.58. The normalized spacial score (nSPS) is 15.5. The van der Waals surface area contributed by atoms with E-state index in [9.17, 15) is 0 Å². The first kappa shape index (κ1) is 10.2. The zero-order valence-corrected chi connectivity index (χ0v) is 9.71. The molecule has 3 heteroatoms. The molecule has 0 unspecified atom stereocenters. The van der Waals surface area contributed by atoms with Gasteiger partial charge in [0.15, 0.2) is 5.71 Å². The lowest BCUT2D eigenvalue weighted by molar-refractivity contribution is -0.462. The van der Waals surface area contributed by atoms with E-state index in [1.54, 1.807) is 11.8 Å². The first-order chi connectivity index (χ1) is 7.18. The summed E-state index contributed by atoms with van der Waals surface area (Å²) in [7, 11) is 3.99. The standard InChI is InChI=1S/C12H13N2S/c1-9-11(10-7-5-4-6-8-10)13-12(15-9)14(2)3/h4-8H,1H2,2-3H3/q+1. The molecule has 2 rings (SSSR count). The third kappa shape index (κ3) is 2.02. The van der Waals surface area contributed by atoms with E-state index < -0.39 is 0 Å². The molecule has 0 aromatic heterocycles. The summed E-state index contributed by atoms with van der Waals surface area (Å²) >= 11 is 1.62. The molecule has 76 valence electrons. The molecule has 2 nitrogen and oxygen atoms in total. The molecule has 0 radical (unpaired) electrons. The van der Waals surface area contributed by atoms with Crippen LogP contribution in [0.3, 0.4) is 0 Å². The Morgan fingerprint density at radius 1 is 1.20 bits per heavy atom. The number of hydrogen-bond donors (Lipinski definition) is 0. The smallest absolute Gasteiger partial charge is 0.258 e. The van der Waals surface area contributed by atoms with Crippen molar-refractivity contribution in [2.45, 2.75) is 0 Å². The minimum absolute atomic E-state index is 0.990. The van der Waals surface area contributed by atoms with Crippen LogP contribution >= 0.6 is 11.8 Å². The monoisotopic (exact) mass is 217 g/mol. The lowest BCUT2D eigenvalue weighted by Crippen LogP contribution is -2.04. The average Bonchev–Trinajstić information content (AvgIpc) is 2.62. The summed E-state index contributed by atoms with van der Waals surface area (Å²) in [6, 6.07) is 10.2. The predicted molar refractivity (Wildman–Crippen MR) is 66.8 cm³/mol. The average molecular weight is 217 g/mol. The van der Waals surface area contributed by atoms with Gasteiger partial charge < -0.3 is 0 Å². The largest absolute Gasteiger partial charge is 0.359 e. The molecule has 1 aliphatic heterocycles. The molecule has 1 heterocycles. The van der Waals surface area contributed by atoms with Crippen molar-refractivity contribution >= 4 is 22.6 Å². The summed E-state index contributed by atoms with van der Waals surface area (Å²) < 4.78 is 2.01. The van der Waals surface area contributed by atoms with Crippen LogP contribution in [0.5, 0.6) is 0 Å². The van der Waals surface area contributed by atoms with E-state index in [4.69, 9.17) is 0 Å². The summed E-state index contributed by atoms with van der Waals surface area (Å²) in [5, 5.41) is 0.999. The Kier molecular flexibility index (Phi) is 2.73. The first-order valence-corrected chi connectivity index (χ1v) is 5.55. The predicted octanol–water partition coefficient (Wildman–Crippen LogP) is 2.36. The van der Waals surface area contributed by atoms with E-state index in [1.807, 2.05) is 36.9 Å². The van der Waals surface area contributed by atoms with E-state index in [0.717, 1.165) is 21.3 Å². The first-order valence-electron chi connectivity index (χ1n) is 4.74. The van der Waals surface area contributed by atoms with Crippen LogP contribution in [0.1, 0.15) is 5.56 Å². The van der Waals surface area contributed by atoms with Gasteiger partial charge in [0, 0.05) is 17.3 Å². The van der Waals surface area contributed by atoms with Crippen molar-refractivity contribution < 1.29 is 4.58 Å². The highest BCUT2D eigenvalue weighted by Crippen LogP contribution is 2.28. The summed E-state index contributed by atoms with van der Waals surface area (Å²) in [6.07, 6.45) is 0. The van der Waals surface area contributed by atoms with Gasteiger partial charge in [0.1, 0.15) is 0 Å². The van der Waals surface area contributed by atoms with E-state index in [0.29, 0.717) is 0 Å². The van der Waals surface area contributed by atoms with Crippen LogP contribution in [0.15, 0.2) is 46.8 Å². The number of benzene rings is 1. The number of aliphatic imine (C=N–C) groups is 1. The molecule has 1 aliphatic rings. The Hall–Kier alpha value is -1.35. The maximum atomic E-state index is 4.56. The number of rotatable bonds is 1. The summed E-state index contributed by atoms with van der Waals surface area (Å²) in [5.74, 6) is 0. The second-order valence-corrected chi connectivity index (χ2v) is 4.59. The molecule has 0 aliphatic carbocycles. The Labute approximate surface area is 94.0 Å². The SMILES string of the molecule is C=C1SC(=[N+](C)C)N=C1c1ccccc1. The molecular formula is C12H13N2S+. The van der Waals surface area contributed by atoms with Gasteiger partial charge >= 0.3 is 5.17 Å². The van der Waals surface area contributed by atoms with Gasteiger partial charge in [-0.05, 0) is 4.99 Å². The molecule has 0 saturated carbocycles. The number of amidine groups is 1. The Morgan fingerprint density at radius 2 is 1.87 bits per heavy atom. The van der Waals surface area contributed by atoms with Gasteiger partial charge in [0.05, 0.1) is 19.0 Å². The number of hydrogen-bond acceptors (Lipinski definition) is 1. The molecule has 0 atom stereocenters. The van der Waals surface area contributed by atoms with Gasteiger partial charge in [0.2, 0.25) is 0 Å². The molecule has 1 aromatic carbocycles. The van der Waals surface area contributed by atoms with Crippen molar-refractivity contribution in [3.05, 3.63) is 47.4 Å². The van der Waals surface area contributed by atoms with Gasteiger partial charge in [0.25, 0.3) is 0 Å². The fourth-order valence-corrected chi connectivity index (χ4v) is 2.15. The fraction of sp³-hybridized carbons (Fsp3) is 0.167. The molecule has 0 N–H and O–H groups in total. The van der Waals surface area contributed by atoms with Crippen molar-refractivity contribution in [1.29, 1.82) is 0 Å². The molecule has 15 heavy (non-hydrogen) atoms. The fourth-order valence-electron chi connectivity index (χ4n) is 1.35. The molecule has 0 fully saturated rings. The van der Waals surface area contributed by atoms with Gasteiger partial charge in [-0.2, -0.15) is 0 Å². The van der Waals surface area contributed by atoms with Crippen LogP contribution in [-0.4, -0.2) is 29.6 Å². The molecule has 0 amide bonds. The summed E-state index contributed by atoms with van der Waals surface area (Å²) in [6.45, 7) is 4.03. The highest BCUT2D eigenvalue weighted by Gasteiger charge is 2.28. The maximum Gasteiger partial charge on any atom is 0.359 e. The second-order valence-electron chi connectivity index (χ2n) is 3.53. The quantitative estimate of drug-likeness (QED) is 0.659. The lowest BCUT2D eigenvalue weighted by Gasteiger charge is -1.94. The minimum atomic E-state index is 0.990. The van der Waals surface area contributed by atoms with Gasteiger partial charge in [-0.15, -0.1) is 0 Å². The van der Waals surface area contributed by atoms with E-state index in [1.165, 1.54) is 0 Å². The number of nitrogens with zero attached hydrogens (tertiary/aromatic N) is 2. The van der Waals surface area contributed by atoms with Crippen molar-refractivity contribution in [3.8, 4) is 0 Å². The van der Waals surface area contributed by atoms with Crippen molar-refractivity contribution in [1.82, 2.24) is 0 Å². The van der Waals surface area contributed by atoms with Gasteiger partial charge in [-0.1, -0.05) is 36.9 Å². The lowest BCUT2D eigenvalue weighted by atomic mass is 10.1. The second kappa shape index (κ2) is 4.03. The molecule has 1 aromatic rings. The third-order valence-corrected chi connectivity index (χ3v) is 3.19. The van der Waals surface area contributed by atoms with Crippen molar-refractivity contribution in [2.75, 3.05) is 14.1 Å². The molecule has 0 spiro atoms. The molecule has 0 bridgehead atoms. The van der Waals surface area contributed by atoms with Crippen LogP contribution in [0.4, 0.5) is 0 Å². The Balaban J connectivity index is 2.44.